The number of nitrogens with one attached hydrogen (secondary N) is 1. The van der Waals surface area contributed by atoms with Crippen LogP contribution in [0.1, 0.15) is 46.9 Å². The number of sulfonamides is 1. The molecular weight excluding hydrogens is 408 g/mol. The van der Waals surface area contributed by atoms with Crippen molar-refractivity contribution in [2.24, 2.45) is 0 Å². The monoisotopic (exact) mass is 436 g/mol. The molecule has 31 heavy (non-hydrogen) atoms. The lowest BCUT2D eigenvalue weighted by molar-refractivity contribution is 0.0940. The van der Waals surface area contributed by atoms with Gasteiger partial charge in [0, 0.05) is 12.6 Å². The summed E-state index contributed by atoms with van der Waals surface area (Å²) in [6, 6.07) is 21.3. The highest BCUT2D eigenvalue weighted by molar-refractivity contribution is 7.92. The average Bonchev–Trinajstić information content (AvgIpc) is 2.78. The minimum absolute atomic E-state index is 0.170. The Morgan fingerprint density at radius 1 is 1.00 bits per heavy atom. The van der Waals surface area contributed by atoms with E-state index < -0.39 is 10.0 Å². The van der Waals surface area contributed by atoms with Gasteiger partial charge in [0.2, 0.25) is 0 Å². The number of hydrogen-bond acceptors (Lipinski definition) is 3. The zero-order valence-corrected chi connectivity index (χ0v) is 19.1. The molecule has 0 bridgehead atoms. The van der Waals surface area contributed by atoms with Gasteiger partial charge in [0.25, 0.3) is 15.9 Å². The van der Waals surface area contributed by atoms with Crippen LogP contribution in [0.3, 0.4) is 0 Å². The molecule has 3 aromatic rings. The first kappa shape index (κ1) is 22.6. The number of aryl methyl sites for hydroxylation is 2. The Morgan fingerprint density at radius 3 is 2.26 bits per heavy atom. The van der Waals surface area contributed by atoms with Gasteiger partial charge in [-0.3, -0.25) is 9.10 Å². The largest absolute Gasteiger partial charge is 0.346 e. The molecule has 0 aliphatic carbocycles. The molecule has 0 heterocycles. The molecule has 0 aliphatic heterocycles. The summed E-state index contributed by atoms with van der Waals surface area (Å²) in [5.74, 6) is -0.255. The molecule has 1 amide bonds. The minimum Gasteiger partial charge on any atom is -0.346 e. The highest BCUT2D eigenvalue weighted by atomic mass is 32.2. The van der Waals surface area contributed by atoms with Crippen molar-refractivity contribution in [2.75, 3.05) is 11.4 Å². The highest BCUT2D eigenvalue weighted by Crippen LogP contribution is 2.24. The molecule has 0 aromatic heterocycles. The molecule has 0 radical (unpaired) electrons. The molecule has 162 valence electrons. The van der Waals surface area contributed by atoms with Crippen LogP contribution in [0.15, 0.2) is 77.7 Å². The summed E-state index contributed by atoms with van der Waals surface area (Å²) < 4.78 is 27.1. The van der Waals surface area contributed by atoms with Crippen LogP contribution < -0.4 is 9.62 Å². The third-order valence-corrected chi connectivity index (χ3v) is 7.19. The van der Waals surface area contributed by atoms with Crippen LogP contribution in [0.2, 0.25) is 0 Å². The van der Waals surface area contributed by atoms with E-state index in [9.17, 15) is 13.2 Å². The fourth-order valence-corrected chi connectivity index (χ4v) is 4.44. The molecule has 3 aromatic carbocycles. The van der Waals surface area contributed by atoms with Gasteiger partial charge in [-0.2, -0.15) is 0 Å². The standard InChI is InChI=1S/C25H28N2O3S/c1-5-20-11-13-21(14-12-20)19(3)26-25(28)22-7-6-8-23(17-22)27(4)31(29,30)24-15-9-18(2)10-16-24/h6-17,19H,5H2,1-4H3,(H,26,28). The minimum atomic E-state index is -3.72. The second kappa shape index (κ2) is 9.35. The van der Waals surface area contributed by atoms with E-state index in [2.05, 4.69) is 24.4 Å². The van der Waals surface area contributed by atoms with Crippen LogP contribution >= 0.6 is 0 Å². The van der Waals surface area contributed by atoms with E-state index in [0.29, 0.717) is 11.3 Å². The first-order valence-electron chi connectivity index (χ1n) is 10.3. The predicted octanol–water partition coefficient (Wildman–Crippen LogP) is 4.87. The van der Waals surface area contributed by atoms with E-state index >= 15 is 0 Å². The van der Waals surface area contributed by atoms with E-state index in [1.165, 1.54) is 16.9 Å². The van der Waals surface area contributed by atoms with Crippen molar-refractivity contribution >= 4 is 21.6 Å². The van der Waals surface area contributed by atoms with Crippen LogP contribution in [0.5, 0.6) is 0 Å². The lowest BCUT2D eigenvalue weighted by atomic mass is 10.0. The van der Waals surface area contributed by atoms with Crippen molar-refractivity contribution in [1.82, 2.24) is 5.32 Å². The Hall–Kier alpha value is -3.12. The van der Waals surface area contributed by atoms with Crippen LogP contribution in [0.25, 0.3) is 0 Å². The number of carbonyl (C=O) groups excluding carboxylic acids is 1. The molecule has 0 saturated carbocycles. The Labute approximate surface area is 184 Å². The van der Waals surface area contributed by atoms with Gasteiger partial charge in [-0.25, -0.2) is 8.42 Å². The molecule has 0 aliphatic rings. The summed E-state index contributed by atoms with van der Waals surface area (Å²) in [4.78, 5) is 13.0. The molecule has 1 atom stereocenters. The van der Waals surface area contributed by atoms with E-state index in [4.69, 9.17) is 0 Å². The fraction of sp³-hybridized carbons (Fsp3) is 0.240. The Balaban J connectivity index is 1.78. The van der Waals surface area contributed by atoms with E-state index in [-0.39, 0.29) is 16.8 Å². The van der Waals surface area contributed by atoms with E-state index in [1.54, 1.807) is 48.5 Å². The number of nitrogens with zero attached hydrogens (tertiary/aromatic N) is 1. The van der Waals surface area contributed by atoms with Gasteiger partial charge in [0.05, 0.1) is 16.6 Å². The molecule has 0 fully saturated rings. The SMILES string of the molecule is CCc1ccc(C(C)NC(=O)c2cccc(N(C)S(=O)(=O)c3ccc(C)cc3)c2)cc1. The number of amides is 1. The Kier molecular flexibility index (Phi) is 6.81. The van der Waals surface area contributed by atoms with Crippen LogP contribution in [-0.2, 0) is 16.4 Å². The summed E-state index contributed by atoms with van der Waals surface area (Å²) in [5, 5.41) is 2.99. The second-order valence-corrected chi connectivity index (χ2v) is 9.60. The molecular formula is C25H28N2O3S. The second-order valence-electron chi connectivity index (χ2n) is 7.63. The number of carbonyl (C=O) groups is 1. The van der Waals surface area contributed by atoms with Crippen LogP contribution in [-0.4, -0.2) is 21.4 Å². The fourth-order valence-electron chi connectivity index (χ4n) is 3.26. The topological polar surface area (TPSA) is 66.5 Å². The predicted molar refractivity (Wildman–Crippen MR) is 125 cm³/mol. The van der Waals surface area contributed by atoms with Gasteiger partial charge >= 0.3 is 0 Å². The zero-order valence-electron chi connectivity index (χ0n) is 18.3. The number of anilines is 1. The van der Waals surface area contributed by atoms with Gasteiger partial charge in [0.15, 0.2) is 0 Å². The van der Waals surface area contributed by atoms with Crippen molar-refractivity contribution in [3.8, 4) is 0 Å². The van der Waals surface area contributed by atoms with Crippen LogP contribution in [0, 0.1) is 6.92 Å². The van der Waals surface area contributed by atoms with Gasteiger partial charge in [-0.1, -0.05) is 55.0 Å². The van der Waals surface area contributed by atoms with Crippen molar-refractivity contribution in [2.45, 2.75) is 38.1 Å². The molecule has 5 nitrogen and oxygen atoms in total. The summed E-state index contributed by atoms with van der Waals surface area (Å²) in [6.45, 7) is 5.93. The zero-order chi connectivity index (χ0) is 22.6. The maximum absolute atomic E-state index is 13.0. The van der Waals surface area contributed by atoms with Gasteiger partial charge < -0.3 is 5.32 Å². The van der Waals surface area contributed by atoms with E-state index in [1.807, 2.05) is 26.0 Å². The Bertz CT molecular complexity index is 1150. The first-order valence-corrected chi connectivity index (χ1v) is 11.7. The van der Waals surface area contributed by atoms with Gasteiger partial charge in [-0.15, -0.1) is 0 Å². The third-order valence-electron chi connectivity index (χ3n) is 5.39. The average molecular weight is 437 g/mol. The Morgan fingerprint density at radius 2 is 1.65 bits per heavy atom. The molecule has 3 rings (SSSR count). The normalized spacial score (nSPS) is 12.3. The third kappa shape index (κ3) is 5.14. The lowest BCUT2D eigenvalue weighted by Crippen LogP contribution is -2.28. The highest BCUT2D eigenvalue weighted by Gasteiger charge is 2.22. The van der Waals surface area contributed by atoms with Crippen molar-refractivity contribution in [1.29, 1.82) is 0 Å². The maximum Gasteiger partial charge on any atom is 0.264 e. The number of benzene rings is 3. The summed E-state index contributed by atoms with van der Waals surface area (Å²) in [7, 11) is -2.23. The molecule has 6 heteroatoms. The molecule has 0 spiro atoms. The first-order chi connectivity index (χ1) is 14.7. The van der Waals surface area contributed by atoms with Crippen LogP contribution in [0.4, 0.5) is 5.69 Å². The summed E-state index contributed by atoms with van der Waals surface area (Å²) in [5.41, 5.74) is 4.07. The smallest absolute Gasteiger partial charge is 0.264 e. The summed E-state index contributed by atoms with van der Waals surface area (Å²) in [6.07, 6.45) is 0.965. The number of rotatable bonds is 7. The quantitative estimate of drug-likeness (QED) is 0.574. The summed E-state index contributed by atoms with van der Waals surface area (Å²) >= 11 is 0. The molecule has 1 N–H and O–H groups in total. The molecule has 0 saturated heterocycles. The maximum atomic E-state index is 13.0. The molecule has 1 unspecified atom stereocenters. The van der Waals surface area contributed by atoms with Crippen molar-refractivity contribution in [3.63, 3.8) is 0 Å². The van der Waals surface area contributed by atoms with Gasteiger partial charge in [0.1, 0.15) is 0 Å². The van der Waals surface area contributed by atoms with E-state index in [0.717, 1.165) is 17.5 Å². The van der Waals surface area contributed by atoms with Crippen molar-refractivity contribution in [3.05, 3.63) is 95.1 Å². The van der Waals surface area contributed by atoms with Crippen molar-refractivity contribution < 1.29 is 13.2 Å². The number of hydrogen-bond donors (Lipinski definition) is 1. The lowest BCUT2D eigenvalue weighted by Gasteiger charge is -2.21. The van der Waals surface area contributed by atoms with Gasteiger partial charge in [-0.05, 0) is 61.7 Å².